The molecule has 0 fully saturated rings. The molecule has 0 radical (unpaired) electrons. The van der Waals surface area contributed by atoms with Crippen LogP contribution in [0.15, 0.2) is 52.0 Å². The van der Waals surface area contributed by atoms with Crippen molar-refractivity contribution < 1.29 is 18.7 Å². The highest BCUT2D eigenvalue weighted by molar-refractivity contribution is 8.04. The molecule has 1 aliphatic rings. The predicted molar refractivity (Wildman–Crippen MR) is 111 cm³/mol. The van der Waals surface area contributed by atoms with Gasteiger partial charge < -0.3 is 9.15 Å². The first-order valence-electron chi connectivity index (χ1n) is 9.39. The summed E-state index contributed by atoms with van der Waals surface area (Å²) in [6.07, 6.45) is 1.54. The summed E-state index contributed by atoms with van der Waals surface area (Å²) in [4.78, 5) is 27.8. The molecule has 0 saturated carbocycles. The van der Waals surface area contributed by atoms with Crippen molar-refractivity contribution in [1.29, 1.82) is 0 Å². The van der Waals surface area contributed by atoms with Crippen molar-refractivity contribution in [3.8, 4) is 5.75 Å². The lowest BCUT2D eigenvalue weighted by Crippen LogP contribution is -2.30. The average Bonchev–Trinajstić information content (AvgIpc) is 3.23. The van der Waals surface area contributed by atoms with Gasteiger partial charge in [0.15, 0.2) is 0 Å². The number of rotatable bonds is 8. The highest BCUT2D eigenvalue weighted by atomic mass is 32.2. The first-order valence-corrected chi connectivity index (χ1v) is 10.3. The number of carbonyl (C=O) groups is 2. The Hall–Kier alpha value is -2.47. The first kappa shape index (κ1) is 20.3. The second-order valence-electron chi connectivity index (χ2n) is 7.38. The molecule has 0 atom stereocenters. The second-order valence-corrected chi connectivity index (χ2v) is 8.96. The van der Waals surface area contributed by atoms with Crippen molar-refractivity contribution in [3.63, 3.8) is 0 Å². The smallest absolute Gasteiger partial charge is 0.268 e. The molecular formula is C22H25NO4S. The molecule has 0 N–H and O–H groups in total. The number of benzene rings is 1. The number of hydrogen-bond acceptors (Lipinski definition) is 5. The van der Waals surface area contributed by atoms with Crippen molar-refractivity contribution in [1.82, 2.24) is 4.90 Å². The number of thioether (sulfide) groups is 1. The number of imide groups is 1. The summed E-state index contributed by atoms with van der Waals surface area (Å²) in [5, 5.41) is 0.180. The van der Waals surface area contributed by atoms with Crippen LogP contribution in [0.25, 0.3) is 5.57 Å². The Bertz CT molecular complexity index is 866. The Labute approximate surface area is 169 Å². The van der Waals surface area contributed by atoms with Crippen LogP contribution in [0.1, 0.15) is 39.0 Å². The molecule has 6 heteroatoms. The minimum atomic E-state index is -0.291. The monoisotopic (exact) mass is 399 g/mol. The molecule has 2 amide bonds. The van der Waals surface area contributed by atoms with Crippen molar-refractivity contribution in [2.24, 2.45) is 5.92 Å². The molecule has 0 unspecified atom stereocenters. The SMILES string of the molecule is CC(C)COc1ccc(C2=C(SC(C)C)C(=O)N(Cc3ccco3)C2=O)cc1. The number of hydrogen-bond donors (Lipinski definition) is 0. The normalized spacial score (nSPS) is 14.7. The molecule has 2 aromatic rings. The van der Waals surface area contributed by atoms with Gasteiger partial charge >= 0.3 is 0 Å². The molecule has 1 aliphatic heterocycles. The van der Waals surface area contributed by atoms with Gasteiger partial charge in [0.2, 0.25) is 0 Å². The number of carbonyl (C=O) groups excluding carboxylic acids is 2. The van der Waals surface area contributed by atoms with Crippen molar-refractivity contribution in [2.45, 2.75) is 39.5 Å². The van der Waals surface area contributed by atoms with Gasteiger partial charge in [-0.15, -0.1) is 11.8 Å². The van der Waals surface area contributed by atoms with Crippen LogP contribution in [-0.4, -0.2) is 28.6 Å². The fraction of sp³-hybridized carbons (Fsp3) is 0.364. The summed E-state index contributed by atoms with van der Waals surface area (Å²) >= 11 is 1.42. The second kappa shape index (κ2) is 8.69. The molecule has 0 aliphatic carbocycles. The minimum Gasteiger partial charge on any atom is -0.493 e. The average molecular weight is 400 g/mol. The largest absolute Gasteiger partial charge is 0.493 e. The zero-order chi connectivity index (χ0) is 20.3. The van der Waals surface area contributed by atoms with Gasteiger partial charge in [-0.1, -0.05) is 39.8 Å². The van der Waals surface area contributed by atoms with Gasteiger partial charge in [0, 0.05) is 5.25 Å². The topological polar surface area (TPSA) is 59.8 Å². The zero-order valence-electron chi connectivity index (χ0n) is 16.6. The van der Waals surface area contributed by atoms with Gasteiger partial charge in [0.25, 0.3) is 11.8 Å². The third-order valence-corrected chi connectivity index (χ3v) is 5.19. The maximum atomic E-state index is 13.1. The van der Waals surface area contributed by atoms with E-state index in [0.29, 0.717) is 28.8 Å². The van der Waals surface area contributed by atoms with E-state index in [-0.39, 0.29) is 23.6 Å². The number of amides is 2. The first-order chi connectivity index (χ1) is 13.4. The molecule has 5 nitrogen and oxygen atoms in total. The van der Waals surface area contributed by atoms with Crippen LogP contribution in [-0.2, 0) is 16.1 Å². The molecule has 0 spiro atoms. The van der Waals surface area contributed by atoms with Crippen LogP contribution in [0.5, 0.6) is 5.75 Å². The number of nitrogens with zero attached hydrogens (tertiary/aromatic N) is 1. The van der Waals surface area contributed by atoms with Gasteiger partial charge in [-0.05, 0) is 35.7 Å². The van der Waals surface area contributed by atoms with E-state index in [1.165, 1.54) is 22.9 Å². The molecule has 0 saturated heterocycles. The molecular weight excluding hydrogens is 374 g/mol. The summed E-state index contributed by atoms with van der Waals surface area (Å²) in [6, 6.07) is 10.9. The lowest BCUT2D eigenvalue weighted by Gasteiger charge is -2.13. The molecule has 1 aromatic carbocycles. The molecule has 1 aromatic heterocycles. The highest BCUT2D eigenvalue weighted by Gasteiger charge is 2.39. The lowest BCUT2D eigenvalue weighted by atomic mass is 10.1. The van der Waals surface area contributed by atoms with E-state index in [4.69, 9.17) is 9.15 Å². The van der Waals surface area contributed by atoms with Gasteiger partial charge in [0.05, 0.1) is 29.9 Å². The molecule has 148 valence electrons. The summed E-state index contributed by atoms with van der Waals surface area (Å²) < 4.78 is 11.0. The van der Waals surface area contributed by atoms with Crippen LogP contribution in [0, 0.1) is 5.92 Å². The van der Waals surface area contributed by atoms with E-state index in [1.807, 2.05) is 38.1 Å². The standard InChI is InChI=1S/C22H25NO4S/c1-14(2)13-27-17-9-7-16(8-10-17)19-20(28-15(3)4)22(25)23(21(19)24)12-18-6-5-11-26-18/h5-11,14-15H,12-13H2,1-4H3. The van der Waals surface area contributed by atoms with Crippen LogP contribution in [0.3, 0.4) is 0 Å². The van der Waals surface area contributed by atoms with Crippen LogP contribution >= 0.6 is 11.8 Å². The van der Waals surface area contributed by atoms with Gasteiger partial charge in [-0.2, -0.15) is 0 Å². The summed E-state index contributed by atoms with van der Waals surface area (Å²) in [6.45, 7) is 8.95. The van der Waals surface area contributed by atoms with Gasteiger partial charge in [-0.3, -0.25) is 14.5 Å². The Morgan fingerprint density at radius 2 is 1.75 bits per heavy atom. The van der Waals surface area contributed by atoms with Gasteiger partial charge in [0.1, 0.15) is 11.5 Å². The fourth-order valence-electron chi connectivity index (χ4n) is 2.84. The summed E-state index contributed by atoms with van der Waals surface area (Å²) in [5.74, 6) is 1.20. The van der Waals surface area contributed by atoms with E-state index in [1.54, 1.807) is 12.1 Å². The van der Waals surface area contributed by atoms with E-state index < -0.39 is 0 Å². The maximum Gasteiger partial charge on any atom is 0.268 e. The van der Waals surface area contributed by atoms with Crippen LogP contribution < -0.4 is 4.74 Å². The quantitative estimate of drug-likeness (QED) is 0.600. The fourth-order valence-corrected chi connectivity index (χ4v) is 3.84. The van der Waals surface area contributed by atoms with Crippen LogP contribution in [0.4, 0.5) is 0 Å². The van der Waals surface area contributed by atoms with Crippen LogP contribution in [0.2, 0.25) is 0 Å². The van der Waals surface area contributed by atoms with Gasteiger partial charge in [-0.25, -0.2) is 0 Å². The van der Waals surface area contributed by atoms with E-state index in [2.05, 4.69) is 13.8 Å². The van der Waals surface area contributed by atoms with E-state index in [9.17, 15) is 9.59 Å². The zero-order valence-corrected chi connectivity index (χ0v) is 17.4. The Morgan fingerprint density at radius 3 is 2.32 bits per heavy atom. The van der Waals surface area contributed by atoms with E-state index >= 15 is 0 Å². The third-order valence-electron chi connectivity index (χ3n) is 4.10. The summed E-state index contributed by atoms with van der Waals surface area (Å²) in [7, 11) is 0. The third kappa shape index (κ3) is 4.50. The minimum absolute atomic E-state index is 0.131. The highest BCUT2D eigenvalue weighted by Crippen LogP contribution is 2.38. The van der Waals surface area contributed by atoms with Crippen molar-refractivity contribution in [2.75, 3.05) is 6.61 Å². The molecule has 2 heterocycles. The van der Waals surface area contributed by atoms with Crippen molar-refractivity contribution >= 4 is 29.1 Å². The predicted octanol–water partition coefficient (Wildman–Crippen LogP) is 4.74. The maximum absolute atomic E-state index is 13.1. The molecule has 0 bridgehead atoms. The number of ether oxygens (including phenoxy) is 1. The van der Waals surface area contributed by atoms with Crippen molar-refractivity contribution in [3.05, 3.63) is 58.9 Å². The molecule has 28 heavy (non-hydrogen) atoms. The Balaban J connectivity index is 1.89. The lowest BCUT2D eigenvalue weighted by molar-refractivity contribution is -0.137. The Morgan fingerprint density at radius 1 is 1.04 bits per heavy atom. The van der Waals surface area contributed by atoms with E-state index in [0.717, 1.165) is 11.3 Å². The molecule has 3 rings (SSSR count). The Kier molecular flexibility index (Phi) is 6.29. The summed E-state index contributed by atoms with van der Waals surface area (Å²) in [5.41, 5.74) is 1.17. The number of furan rings is 1.